The Morgan fingerprint density at radius 3 is 2.40 bits per heavy atom. The largest absolute Gasteiger partial charge is 0.481 e. The molecule has 3 aromatic rings. The van der Waals surface area contributed by atoms with Crippen molar-refractivity contribution in [2.45, 2.75) is 44.8 Å². The van der Waals surface area contributed by atoms with E-state index in [4.69, 9.17) is 14.6 Å². The van der Waals surface area contributed by atoms with Crippen LogP contribution in [0.2, 0.25) is 0 Å². The third-order valence-corrected chi connectivity index (χ3v) is 7.40. The van der Waals surface area contributed by atoms with Gasteiger partial charge in [0.2, 0.25) is 0 Å². The maximum Gasteiger partial charge on any atom is 0.331 e. The Balaban J connectivity index is 1.78. The monoisotopic (exact) mass is 499 g/mol. The minimum atomic E-state index is -4.31. The minimum Gasteiger partial charge on any atom is -0.481 e. The second-order valence-corrected chi connectivity index (χ2v) is 10.7. The van der Waals surface area contributed by atoms with Gasteiger partial charge in [0, 0.05) is 17.0 Å². The topological polar surface area (TPSA) is 117 Å². The smallest absolute Gasteiger partial charge is 0.331 e. The van der Waals surface area contributed by atoms with E-state index < -0.39 is 32.3 Å². The number of aliphatic hydroxyl groups excluding tert-OH is 1. The molecule has 1 aliphatic carbocycles. The number of benzene rings is 2. The lowest BCUT2D eigenvalue weighted by atomic mass is 9.90. The van der Waals surface area contributed by atoms with Gasteiger partial charge in [-0.3, -0.25) is 14.3 Å². The Hall–Kier alpha value is -2.90. The summed E-state index contributed by atoms with van der Waals surface area (Å²) in [6.45, 7) is 1.65. The Morgan fingerprint density at radius 1 is 1.14 bits per heavy atom. The molecule has 7 nitrogen and oxygen atoms in total. The molecule has 9 heteroatoms. The van der Waals surface area contributed by atoms with Crippen LogP contribution < -0.4 is 0 Å². The fourth-order valence-electron chi connectivity index (χ4n) is 4.22. The molecule has 4 rings (SSSR count). The van der Waals surface area contributed by atoms with E-state index in [2.05, 4.69) is 0 Å². The zero-order valence-corrected chi connectivity index (χ0v) is 20.1. The maximum atomic E-state index is 13.7. The Bertz CT molecular complexity index is 1260. The number of hydrogen-bond acceptors (Lipinski definition) is 5. The van der Waals surface area contributed by atoms with Crippen molar-refractivity contribution in [3.05, 3.63) is 77.2 Å². The standard InChI is InChI=1S/C26H27FNO6P/c1-16-24(17-9-11-20(27)12-10-17)22(14-34-35(32,33)15-21(29)13-23(30)31)26(19-7-8-19)28-25(16)18-5-3-2-4-6-18/h2-6,9-12,19,21,29H,7-8,13-15H2,1H3,(H,30,31)(H,32,33)/t21-/m1/s1. The highest BCUT2D eigenvalue weighted by molar-refractivity contribution is 7.52. The van der Waals surface area contributed by atoms with Crippen LogP contribution in [-0.2, 0) is 20.5 Å². The van der Waals surface area contributed by atoms with Crippen molar-refractivity contribution in [2.24, 2.45) is 0 Å². The maximum absolute atomic E-state index is 13.7. The summed E-state index contributed by atoms with van der Waals surface area (Å²) in [5.74, 6) is -1.48. The summed E-state index contributed by atoms with van der Waals surface area (Å²) in [5, 5.41) is 18.6. The van der Waals surface area contributed by atoms with Crippen LogP contribution in [0.4, 0.5) is 4.39 Å². The molecule has 0 amide bonds. The average molecular weight is 499 g/mol. The number of pyridine rings is 1. The number of aliphatic hydroxyl groups is 1. The normalized spacial score (nSPS) is 16.0. The summed E-state index contributed by atoms with van der Waals surface area (Å²) in [5.41, 5.74) is 5.41. The predicted molar refractivity (Wildman–Crippen MR) is 130 cm³/mol. The van der Waals surface area contributed by atoms with E-state index in [0.717, 1.165) is 46.5 Å². The number of carboxylic acids is 1. The van der Waals surface area contributed by atoms with Crippen molar-refractivity contribution in [3.63, 3.8) is 0 Å². The summed E-state index contributed by atoms with van der Waals surface area (Å²) in [6.07, 6.45) is -1.02. The van der Waals surface area contributed by atoms with Crippen LogP contribution in [0.15, 0.2) is 54.6 Å². The lowest BCUT2D eigenvalue weighted by molar-refractivity contribution is -0.138. The van der Waals surface area contributed by atoms with Crippen LogP contribution in [-0.4, -0.2) is 38.3 Å². The molecule has 0 saturated heterocycles. The van der Waals surface area contributed by atoms with Crippen LogP contribution in [0.25, 0.3) is 22.4 Å². The number of nitrogens with zero attached hydrogens (tertiary/aromatic N) is 1. The number of carboxylic acid groups (broad SMARTS) is 1. The van der Waals surface area contributed by atoms with Gasteiger partial charge in [-0.15, -0.1) is 0 Å². The summed E-state index contributed by atoms with van der Waals surface area (Å²) in [4.78, 5) is 26.1. The zero-order valence-electron chi connectivity index (χ0n) is 19.2. The van der Waals surface area contributed by atoms with Gasteiger partial charge in [0.15, 0.2) is 0 Å². The molecule has 1 fully saturated rings. The Labute approximate surface area is 202 Å². The number of halogens is 1. The van der Waals surface area contributed by atoms with Crippen molar-refractivity contribution in [1.82, 2.24) is 4.98 Å². The third-order valence-electron chi connectivity index (χ3n) is 5.98. The van der Waals surface area contributed by atoms with E-state index in [1.807, 2.05) is 37.3 Å². The summed E-state index contributed by atoms with van der Waals surface area (Å²) >= 11 is 0. The summed E-state index contributed by atoms with van der Waals surface area (Å²) in [7, 11) is -4.31. The quantitative estimate of drug-likeness (QED) is 0.325. The van der Waals surface area contributed by atoms with Gasteiger partial charge >= 0.3 is 13.6 Å². The van der Waals surface area contributed by atoms with Gasteiger partial charge in [0.05, 0.1) is 36.7 Å². The van der Waals surface area contributed by atoms with Crippen LogP contribution in [0.1, 0.15) is 42.0 Å². The van der Waals surface area contributed by atoms with Gasteiger partial charge in [0.25, 0.3) is 0 Å². The zero-order chi connectivity index (χ0) is 25.2. The highest BCUT2D eigenvalue weighted by Crippen LogP contribution is 2.49. The van der Waals surface area contributed by atoms with Gasteiger partial charge in [-0.05, 0) is 48.6 Å². The Kier molecular flexibility index (Phi) is 7.47. The van der Waals surface area contributed by atoms with Gasteiger partial charge in [-0.2, -0.15) is 0 Å². The van der Waals surface area contributed by atoms with Crippen LogP contribution >= 0.6 is 7.60 Å². The van der Waals surface area contributed by atoms with E-state index >= 15 is 0 Å². The molecule has 2 atom stereocenters. The highest BCUT2D eigenvalue weighted by Gasteiger charge is 2.33. The van der Waals surface area contributed by atoms with E-state index in [9.17, 15) is 23.7 Å². The molecule has 0 radical (unpaired) electrons. The lowest BCUT2D eigenvalue weighted by Gasteiger charge is -2.22. The van der Waals surface area contributed by atoms with E-state index in [1.165, 1.54) is 12.1 Å². The fourth-order valence-corrected chi connectivity index (χ4v) is 5.32. The van der Waals surface area contributed by atoms with E-state index in [1.54, 1.807) is 12.1 Å². The van der Waals surface area contributed by atoms with Crippen LogP contribution in [0.5, 0.6) is 0 Å². The molecule has 1 aliphatic rings. The molecule has 184 valence electrons. The number of aliphatic carboxylic acids is 1. The first-order chi connectivity index (χ1) is 16.6. The average Bonchev–Trinajstić information content (AvgIpc) is 3.63. The number of hydrogen-bond donors (Lipinski definition) is 3. The molecule has 1 unspecified atom stereocenters. The first-order valence-electron chi connectivity index (χ1n) is 11.4. The second kappa shape index (κ2) is 10.4. The molecule has 1 aromatic heterocycles. The molecule has 3 N–H and O–H groups in total. The Morgan fingerprint density at radius 2 is 1.80 bits per heavy atom. The number of aromatic nitrogens is 1. The van der Waals surface area contributed by atoms with Crippen molar-refractivity contribution >= 4 is 13.6 Å². The van der Waals surface area contributed by atoms with Crippen molar-refractivity contribution < 1.29 is 33.4 Å². The molecule has 35 heavy (non-hydrogen) atoms. The fraction of sp³-hybridized carbons (Fsp3) is 0.308. The summed E-state index contributed by atoms with van der Waals surface area (Å²) in [6, 6.07) is 15.7. The predicted octanol–water partition coefficient (Wildman–Crippen LogP) is 5.28. The van der Waals surface area contributed by atoms with Gasteiger partial charge in [-0.25, -0.2) is 4.39 Å². The molecule has 0 bridgehead atoms. The van der Waals surface area contributed by atoms with Crippen LogP contribution in [0.3, 0.4) is 0 Å². The van der Waals surface area contributed by atoms with Gasteiger partial charge in [-0.1, -0.05) is 42.5 Å². The molecule has 0 aliphatic heterocycles. The van der Waals surface area contributed by atoms with Gasteiger partial charge < -0.3 is 19.6 Å². The first-order valence-corrected chi connectivity index (χ1v) is 13.1. The van der Waals surface area contributed by atoms with Crippen molar-refractivity contribution in [1.29, 1.82) is 0 Å². The third kappa shape index (κ3) is 6.21. The van der Waals surface area contributed by atoms with Gasteiger partial charge in [0.1, 0.15) is 5.82 Å². The number of carbonyl (C=O) groups is 1. The number of rotatable bonds is 10. The van der Waals surface area contributed by atoms with E-state index in [0.29, 0.717) is 5.56 Å². The highest BCUT2D eigenvalue weighted by atomic mass is 31.2. The van der Waals surface area contributed by atoms with Crippen molar-refractivity contribution in [3.8, 4) is 22.4 Å². The molecule has 0 spiro atoms. The van der Waals surface area contributed by atoms with Crippen molar-refractivity contribution in [2.75, 3.05) is 6.16 Å². The minimum absolute atomic E-state index is 0.173. The molecule has 1 heterocycles. The molecular weight excluding hydrogens is 472 g/mol. The second-order valence-electron chi connectivity index (χ2n) is 8.82. The van der Waals surface area contributed by atoms with Crippen LogP contribution in [0, 0.1) is 12.7 Å². The first kappa shape index (κ1) is 25.2. The SMILES string of the molecule is Cc1c(-c2ccccc2)nc(C2CC2)c(COP(=O)(O)C[C@H](O)CC(=O)O)c1-c1ccc(F)cc1. The summed E-state index contributed by atoms with van der Waals surface area (Å²) < 4.78 is 31.8. The molecular formula is C26H27FNO6P. The molecule has 1 saturated carbocycles. The molecule has 2 aromatic carbocycles. The van der Waals surface area contributed by atoms with E-state index in [-0.39, 0.29) is 18.3 Å². The lowest BCUT2D eigenvalue weighted by Crippen LogP contribution is -2.18.